The number of phenolic OH excluding ortho intramolecular Hbond substituents is 1. The molecule has 5 rings (SSSR count). The van der Waals surface area contributed by atoms with Crippen molar-refractivity contribution >= 4 is 186 Å². The summed E-state index contributed by atoms with van der Waals surface area (Å²) in [6.45, 7) is 8.99. The first kappa shape index (κ1) is 121. The predicted octanol–water partition coefficient (Wildman–Crippen LogP) is -5.66. The van der Waals surface area contributed by atoms with Gasteiger partial charge in [0.15, 0.2) is 17.9 Å². The van der Waals surface area contributed by atoms with Crippen molar-refractivity contribution in [3.05, 3.63) is 65.9 Å². The number of aliphatic hydroxyl groups excluding tert-OH is 1. The van der Waals surface area contributed by atoms with Crippen LogP contribution in [0.5, 0.6) is 5.75 Å². The molecule has 0 aliphatic carbocycles. The van der Waals surface area contributed by atoms with Crippen LogP contribution >= 0.6 is 45.1 Å². The molecular weight excluding hydrogens is 1960 g/mol. The van der Waals surface area contributed by atoms with Crippen molar-refractivity contribution in [1.29, 1.82) is 16.2 Å². The number of benzene rings is 2. The van der Waals surface area contributed by atoms with Crippen molar-refractivity contribution in [2.75, 3.05) is 68.2 Å². The molecule has 16 amide bonds. The number of carbonyl (C=O) groups excluding carboxylic acids is 16. The molecule has 35 N–H and O–H groups in total. The number of carboxylic acid groups (broad SMARTS) is 3. The van der Waals surface area contributed by atoms with Gasteiger partial charge in [0.1, 0.15) is 96.4 Å². The quantitative estimate of drug-likeness (QED) is 0.0108. The second kappa shape index (κ2) is 61.7. The van der Waals surface area contributed by atoms with E-state index in [-0.39, 0.29) is 114 Å². The first-order valence-corrected chi connectivity index (χ1v) is 52.0. The number of H-pyrrole nitrogens is 1. The summed E-state index contributed by atoms with van der Waals surface area (Å²) in [6, 6.07) is -14.5. The fraction of sp³-hybridized carbons (Fsp3) is 0.596. The van der Waals surface area contributed by atoms with Crippen molar-refractivity contribution in [2.45, 2.75) is 248 Å². The van der Waals surface area contributed by atoms with Gasteiger partial charge in [-0.05, 0) is 149 Å². The molecule has 3 aromatic rings. The fourth-order valence-corrected chi connectivity index (χ4v) is 18.3. The second-order valence-corrected chi connectivity index (χ2v) is 40.0. The predicted molar refractivity (Wildman–Crippen MR) is 538 cm³/mol. The number of rotatable bonds is 46. The van der Waals surface area contributed by atoms with Gasteiger partial charge in [-0.2, -0.15) is 23.5 Å². The lowest BCUT2D eigenvalue weighted by Crippen LogP contribution is -2.61. The third-order valence-corrected chi connectivity index (χ3v) is 26.7. The minimum Gasteiger partial charge on any atom is -0.508 e. The van der Waals surface area contributed by atoms with Crippen molar-refractivity contribution < 1.29 is 117 Å². The number of fused-ring (bicyclic) bond motifs is 2. The molecule has 2 fully saturated rings. The van der Waals surface area contributed by atoms with E-state index < -0.39 is 295 Å². The van der Waals surface area contributed by atoms with Gasteiger partial charge in [0.25, 0.3) is 0 Å². The number of para-hydroxylation sites is 1. The number of aliphatic carboxylic acids is 3. The number of nitrogens with one attached hydrogen (secondary N) is 22. The minimum atomic E-state index is -1.89. The number of carboxylic acids is 3. The van der Waals surface area contributed by atoms with E-state index in [4.69, 9.17) is 39.2 Å². The molecule has 0 bridgehead atoms. The smallest absolute Gasteiger partial charge is 0.326 e. The van der Waals surface area contributed by atoms with Crippen LogP contribution in [0.2, 0.25) is 0 Å². The number of carbonyl (C=O) groups is 19. The summed E-state index contributed by atoms with van der Waals surface area (Å²) in [7, 11) is 1.47. The third-order valence-electron chi connectivity index (χ3n) is 23.0. The van der Waals surface area contributed by atoms with Crippen LogP contribution in [-0.4, -0.2) is 337 Å². The molecule has 2 saturated heterocycles. The van der Waals surface area contributed by atoms with E-state index in [9.17, 15) is 78.3 Å². The topological polar surface area (TPSA) is 837 Å². The van der Waals surface area contributed by atoms with E-state index in [0.29, 0.717) is 22.0 Å². The Balaban J connectivity index is 1.80. The highest BCUT2D eigenvalue weighted by atomic mass is 33.1. The van der Waals surface area contributed by atoms with Gasteiger partial charge >= 0.3 is 17.9 Å². The molecule has 2 aliphatic heterocycles. The fourth-order valence-electron chi connectivity index (χ4n) is 15.1. The number of aromatic amines is 1. The molecule has 3 heterocycles. The second-order valence-electron chi connectivity index (χ2n) is 35.5. The SMILES string of the molecule is CSCC[C@@H]1NC(=O)[C@@H](NC(=O)[C@H](CCCNC(=N)N)NC(=O)[C@H](CCSC)NC(=O)[C@@H](NC(=O)[C@@H](N)CC(=O)O)[C@@H](C)O)CSSC[C@@H](C(=O)N[C@@H](Cc2c[nH]c3ccccc23)C(=O)N[C@@H](CCC(=O)O)C(=O)N[C@H](C(=O)O)C(C)C)NC(=O)C2CCCN2C(=O)[C@H](CCCNC(=N)N)NC(=O)[C@H](Cc2ccc(O)cc2)NC(=O)[C@H](C(C)C)NC(=O)[C@H](CCCNC(=N)N)NC(=O)CNC(=O)[C@H](C(C)C)NC1=O. The summed E-state index contributed by atoms with van der Waals surface area (Å²) in [5.41, 5.74) is 23.9. The highest BCUT2D eigenvalue weighted by Crippen LogP contribution is 2.28. The zero-order valence-electron chi connectivity index (χ0n) is 81.6. The summed E-state index contributed by atoms with van der Waals surface area (Å²) in [5.74, 6) is -26.2. The van der Waals surface area contributed by atoms with E-state index in [2.05, 4.69) is 101 Å². The van der Waals surface area contributed by atoms with Crippen LogP contribution in [0.1, 0.15) is 143 Å². The van der Waals surface area contributed by atoms with Gasteiger partial charge in [-0.3, -0.25) is 103 Å². The van der Waals surface area contributed by atoms with Gasteiger partial charge in [-0.25, -0.2) is 4.79 Å². The number of aromatic nitrogens is 1. The lowest BCUT2D eigenvalue weighted by molar-refractivity contribution is -0.144. The molecule has 55 heteroatoms. The van der Waals surface area contributed by atoms with Crippen LogP contribution in [0.15, 0.2) is 54.7 Å². The molecule has 1 aromatic heterocycles. The van der Waals surface area contributed by atoms with Crippen molar-refractivity contribution in [3.63, 3.8) is 0 Å². The van der Waals surface area contributed by atoms with E-state index in [1.807, 2.05) is 0 Å². The van der Waals surface area contributed by atoms with Crippen LogP contribution in [0.3, 0.4) is 0 Å². The van der Waals surface area contributed by atoms with E-state index in [0.717, 1.165) is 33.4 Å². The first-order chi connectivity index (χ1) is 68.0. The Bertz CT molecular complexity index is 4960. The number of thioether (sulfide) groups is 2. The molecule has 17 atom stereocenters. The molecule has 0 radical (unpaired) electrons. The average Bonchev–Trinajstić information content (AvgIpc) is 1.56. The van der Waals surface area contributed by atoms with Crippen LogP contribution < -0.4 is 119 Å². The number of phenols is 1. The van der Waals surface area contributed by atoms with Gasteiger partial charge in [-0.1, -0.05) is 93.5 Å². The number of guanidine groups is 3. The van der Waals surface area contributed by atoms with Gasteiger partial charge in [0.05, 0.1) is 25.1 Å². The Morgan fingerprint density at radius 1 is 0.535 bits per heavy atom. The zero-order valence-corrected chi connectivity index (χ0v) is 84.9. The highest BCUT2D eigenvalue weighted by molar-refractivity contribution is 8.76. The maximum atomic E-state index is 15.9. The molecule has 51 nitrogen and oxygen atoms in total. The molecule has 0 saturated carbocycles. The molecule has 1 unspecified atom stereocenters. The monoisotopic (exact) mass is 2100 g/mol. The summed E-state index contributed by atoms with van der Waals surface area (Å²) < 4.78 is 0. The number of hydrogen-bond donors (Lipinski definition) is 31. The maximum Gasteiger partial charge on any atom is 0.326 e. The van der Waals surface area contributed by atoms with E-state index >= 15 is 38.4 Å². The first-order valence-electron chi connectivity index (χ1n) is 46.8. The standard InChI is InChI=1S/C89H139N27O24S4/c1-43(2)67-82(135)101-40-64(119)102-53(18-12-30-97-87(91)92)74(127)113-68(44(3)4)83(136)109-59(36-47-22-24-49(118)25-23-47)77(130)107-58(20-14-32-99-89(95)96)85(138)116-33-15-21-63(116)81(134)111-62(80(133)108-60(37-48-39-100-52-17-11-10-16-50(48)52)78(131)104-55(26-27-65(120)121)75(128)114-69(45(5)6)86(139)140)42-144-143-41-61(79(132)105-57(29-35-142-9)76(129)112-67)110-72(125)54(19-13-31-98-88(93)94)103-73(126)56(28-34-141-8)106-84(137)70(46(7)117)115-71(124)51(90)38-66(122)123/h10-11,16-17,22-25,39,43-46,51,53-63,67-70,100,117-118H,12-15,18-21,26-38,40-42,90H2,1-9H3,(H,101,135)(H,102,119)(H,103,126)(H,104,131)(H,105,132)(H,106,137)(H,107,130)(H,108,133)(H,109,136)(H,110,125)(H,111,134)(H,112,129)(H,113,127)(H,114,128)(H,115,124)(H,120,121)(H,122,123)(H,139,140)(H4,91,92,97)(H4,93,94,98)(H4,95,96,99)/t46-,51+,53+,54+,55+,56+,57+,58+,59+,60+,61+,62+,63?,67+,68+,69+,70+/m1/s1. The molecule has 798 valence electrons. The van der Waals surface area contributed by atoms with Crippen LogP contribution in [0.4, 0.5) is 0 Å². The highest BCUT2D eigenvalue weighted by Gasteiger charge is 2.44. The van der Waals surface area contributed by atoms with Crippen molar-refractivity contribution in [1.82, 2.24) is 106 Å². The van der Waals surface area contributed by atoms with Gasteiger partial charge in [0.2, 0.25) is 94.5 Å². The zero-order chi connectivity index (χ0) is 107. The number of aliphatic hydroxyl groups is 1. The lowest BCUT2D eigenvalue weighted by Gasteiger charge is -2.31. The number of amides is 16. The number of nitrogens with zero attached hydrogens (tertiary/aromatic N) is 1. The van der Waals surface area contributed by atoms with Crippen LogP contribution in [0.25, 0.3) is 10.9 Å². The number of aromatic hydroxyl groups is 1. The van der Waals surface area contributed by atoms with Gasteiger partial charge < -0.3 is 154 Å². The number of nitrogens with two attached hydrogens (primary N) is 4. The Morgan fingerprint density at radius 2 is 1.06 bits per heavy atom. The Morgan fingerprint density at radius 3 is 1.64 bits per heavy atom. The minimum absolute atomic E-state index is 0.00796. The van der Waals surface area contributed by atoms with Crippen LogP contribution in [0, 0.1) is 34.0 Å². The Hall–Kier alpha value is -13.2. The van der Waals surface area contributed by atoms with Gasteiger partial charge in [0, 0.05) is 74.0 Å². The normalized spacial score (nSPS) is 20.7. The Labute approximate surface area is 848 Å². The molecule has 144 heavy (non-hydrogen) atoms. The third kappa shape index (κ3) is 41.7. The van der Waals surface area contributed by atoms with Crippen LogP contribution in [-0.2, 0) is 104 Å². The summed E-state index contributed by atoms with van der Waals surface area (Å²) in [5, 5.41) is 121. The van der Waals surface area contributed by atoms with E-state index in [1.54, 1.807) is 50.6 Å². The summed E-state index contributed by atoms with van der Waals surface area (Å²) >= 11 is 2.43. The molecule has 2 aromatic carbocycles. The lowest BCUT2D eigenvalue weighted by atomic mass is 9.99. The average molecular weight is 2100 g/mol. The molecule has 2 aliphatic rings. The summed E-state index contributed by atoms with van der Waals surface area (Å²) in [6.07, 6.45) is -1.24. The van der Waals surface area contributed by atoms with Crippen molar-refractivity contribution in [2.24, 2.45) is 40.7 Å². The van der Waals surface area contributed by atoms with E-state index in [1.165, 1.54) is 81.7 Å². The Kier molecular flexibility index (Phi) is 52.0. The van der Waals surface area contributed by atoms with Gasteiger partial charge in [-0.15, -0.1) is 0 Å². The molecule has 0 spiro atoms. The number of hydrogen-bond acceptors (Lipinski definition) is 29. The largest absolute Gasteiger partial charge is 0.508 e. The summed E-state index contributed by atoms with van der Waals surface area (Å²) in [4.78, 5) is 279. The van der Waals surface area contributed by atoms with Crippen molar-refractivity contribution in [3.8, 4) is 5.75 Å². The molecular formula is C89H139N27O24S4. The maximum absolute atomic E-state index is 15.9.